The minimum atomic E-state index is -0.266. The summed E-state index contributed by atoms with van der Waals surface area (Å²) < 4.78 is 18.5. The van der Waals surface area contributed by atoms with Crippen molar-refractivity contribution in [2.45, 2.75) is 0 Å². The molecular formula is C13H9FN2OS. The molecule has 0 atom stereocenters. The lowest BCUT2D eigenvalue weighted by Crippen LogP contribution is -1.81. The highest BCUT2D eigenvalue weighted by molar-refractivity contribution is 7.13. The zero-order valence-corrected chi connectivity index (χ0v) is 10.1. The first-order valence-electron chi connectivity index (χ1n) is 5.29. The molecule has 0 aliphatic carbocycles. The molecule has 18 heavy (non-hydrogen) atoms. The molecule has 0 saturated carbocycles. The van der Waals surface area contributed by atoms with Gasteiger partial charge in [-0.25, -0.2) is 9.37 Å². The number of rotatable bonds is 2. The highest BCUT2D eigenvalue weighted by Crippen LogP contribution is 2.29. The van der Waals surface area contributed by atoms with Gasteiger partial charge >= 0.3 is 0 Å². The van der Waals surface area contributed by atoms with E-state index in [9.17, 15) is 4.39 Å². The van der Waals surface area contributed by atoms with Crippen LogP contribution in [0.2, 0.25) is 0 Å². The van der Waals surface area contributed by atoms with Gasteiger partial charge in [-0.2, -0.15) is 0 Å². The molecule has 0 amide bonds. The van der Waals surface area contributed by atoms with Crippen molar-refractivity contribution in [3.05, 3.63) is 47.6 Å². The van der Waals surface area contributed by atoms with Crippen LogP contribution in [-0.2, 0) is 0 Å². The quantitative estimate of drug-likeness (QED) is 0.762. The third-order valence-corrected chi connectivity index (χ3v) is 3.18. The number of nitrogen functional groups attached to an aromatic ring is 1. The number of benzene rings is 1. The van der Waals surface area contributed by atoms with Gasteiger partial charge in [-0.15, -0.1) is 11.3 Å². The van der Waals surface area contributed by atoms with Gasteiger partial charge < -0.3 is 10.2 Å². The fourth-order valence-corrected chi connectivity index (χ4v) is 2.20. The van der Waals surface area contributed by atoms with Gasteiger partial charge in [-0.05, 0) is 36.4 Å². The van der Waals surface area contributed by atoms with Crippen molar-refractivity contribution < 1.29 is 8.81 Å². The third kappa shape index (κ3) is 2.00. The second-order valence-electron chi connectivity index (χ2n) is 3.74. The van der Waals surface area contributed by atoms with Crippen LogP contribution in [0.15, 0.2) is 46.2 Å². The molecule has 0 spiro atoms. The van der Waals surface area contributed by atoms with Crippen LogP contribution >= 0.6 is 11.3 Å². The number of thiazole rings is 1. The summed E-state index contributed by atoms with van der Waals surface area (Å²) >= 11 is 1.36. The standard InChI is InChI=1S/C13H9FN2OS/c14-9-3-1-8(2-4-9)11-5-6-12(17-11)10-7-18-13(15)16-10/h1-7H,(H2,15,16). The minimum Gasteiger partial charge on any atom is -0.454 e. The molecule has 90 valence electrons. The predicted octanol–water partition coefficient (Wildman–Crippen LogP) is 3.79. The summed E-state index contributed by atoms with van der Waals surface area (Å²) in [5.41, 5.74) is 7.11. The number of hydrogen-bond acceptors (Lipinski definition) is 4. The highest BCUT2D eigenvalue weighted by Gasteiger charge is 2.09. The highest BCUT2D eigenvalue weighted by atomic mass is 32.1. The lowest BCUT2D eigenvalue weighted by atomic mass is 10.2. The number of aromatic nitrogens is 1. The van der Waals surface area contributed by atoms with Crippen molar-refractivity contribution >= 4 is 16.5 Å². The van der Waals surface area contributed by atoms with Crippen LogP contribution in [0.3, 0.4) is 0 Å². The Morgan fingerprint density at radius 2 is 1.78 bits per heavy atom. The fourth-order valence-electron chi connectivity index (χ4n) is 1.65. The van der Waals surface area contributed by atoms with E-state index in [0.717, 1.165) is 5.56 Å². The number of anilines is 1. The SMILES string of the molecule is Nc1nc(-c2ccc(-c3ccc(F)cc3)o2)cs1. The van der Waals surface area contributed by atoms with Crippen LogP contribution in [0, 0.1) is 5.82 Å². The summed E-state index contributed by atoms with van der Waals surface area (Å²) in [6, 6.07) is 9.81. The Kier molecular flexibility index (Phi) is 2.60. The average Bonchev–Trinajstić information content (AvgIpc) is 2.98. The summed E-state index contributed by atoms with van der Waals surface area (Å²) in [7, 11) is 0. The Labute approximate surface area is 107 Å². The molecule has 0 unspecified atom stereocenters. The number of nitrogens with zero attached hydrogens (tertiary/aromatic N) is 1. The molecule has 2 N–H and O–H groups in total. The number of furan rings is 1. The molecule has 0 fully saturated rings. The third-order valence-electron chi connectivity index (χ3n) is 2.51. The van der Waals surface area contributed by atoms with E-state index in [-0.39, 0.29) is 5.82 Å². The van der Waals surface area contributed by atoms with Crippen LogP contribution in [0.5, 0.6) is 0 Å². The smallest absolute Gasteiger partial charge is 0.180 e. The molecule has 0 radical (unpaired) electrons. The molecule has 1 aromatic carbocycles. The first kappa shape index (κ1) is 11.0. The summed E-state index contributed by atoms with van der Waals surface area (Å²) in [6.07, 6.45) is 0. The molecule has 0 aliphatic rings. The summed E-state index contributed by atoms with van der Waals surface area (Å²) in [6.45, 7) is 0. The molecule has 3 rings (SSSR count). The maximum atomic E-state index is 12.8. The van der Waals surface area contributed by atoms with Crippen molar-refractivity contribution in [1.82, 2.24) is 4.98 Å². The van der Waals surface area contributed by atoms with E-state index in [4.69, 9.17) is 10.2 Å². The van der Waals surface area contributed by atoms with Gasteiger partial charge in [0.1, 0.15) is 17.3 Å². The van der Waals surface area contributed by atoms with Crippen molar-refractivity contribution in [2.24, 2.45) is 0 Å². The zero-order valence-electron chi connectivity index (χ0n) is 9.26. The van der Waals surface area contributed by atoms with Crippen molar-refractivity contribution in [3.8, 4) is 22.8 Å². The van der Waals surface area contributed by atoms with Crippen LogP contribution in [0.25, 0.3) is 22.8 Å². The fraction of sp³-hybridized carbons (Fsp3) is 0. The number of hydrogen-bond donors (Lipinski definition) is 1. The maximum Gasteiger partial charge on any atom is 0.180 e. The molecule has 0 bridgehead atoms. The molecular weight excluding hydrogens is 251 g/mol. The van der Waals surface area contributed by atoms with Crippen LogP contribution in [0.1, 0.15) is 0 Å². The first-order chi connectivity index (χ1) is 8.72. The topological polar surface area (TPSA) is 52.0 Å². The summed E-state index contributed by atoms with van der Waals surface area (Å²) in [5.74, 6) is 1.07. The summed E-state index contributed by atoms with van der Waals surface area (Å²) in [5, 5.41) is 2.34. The van der Waals surface area contributed by atoms with Crippen LogP contribution < -0.4 is 5.73 Å². The van der Waals surface area contributed by atoms with E-state index in [0.29, 0.717) is 22.3 Å². The zero-order chi connectivity index (χ0) is 12.5. The monoisotopic (exact) mass is 260 g/mol. The van der Waals surface area contributed by atoms with Crippen LogP contribution in [0.4, 0.5) is 9.52 Å². The Balaban J connectivity index is 1.96. The van der Waals surface area contributed by atoms with Crippen molar-refractivity contribution in [2.75, 3.05) is 5.73 Å². The molecule has 3 nitrogen and oxygen atoms in total. The van der Waals surface area contributed by atoms with Crippen LogP contribution in [-0.4, -0.2) is 4.98 Å². The van der Waals surface area contributed by atoms with Gasteiger partial charge in [0.15, 0.2) is 10.9 Å². The summed E-state index contributed by atoms with van der Waals surface area (Å²) in [4.78, 5) is 4.14. The molecule has 2 heterocycles. The first-order valence-corrected chi connectivity index (χ1v) is 6.17. The van der Waals surface area contributed by atoms with Crippen molar-refractivity contribution in [3.63, 3.8) is 0 Å². The predicted molar refractivity (Wildman–Crippen MR) is 69.6 cm³/mol. The number of nitrogens with two attached hydrogens (primary N) is 1. The van der Waals surface area contributed by atoms with E-state index in [2.05, 4.69) is 4.98 Å². The van der Waals surface area contributed by atoms with E-state index < -0.39 is 0 Å². The van der Waals surface area contributed by atoms with E-state index in [1.165, 1.54) is 23.5 Å². The Morgan fingerprint density at radius 1 is 1.06 bits per heavy atom. The molecule has 3 aromatic rings. The van der Waals surface area contributed by atoms with E-state index in [1.807, 2.05) is 17.5 Å². The van der Waals surface area contributed by atoms with Crippen molar-refractivity contribution in [1.29, 1.82) is 0 Å². The lowest BCUT2D eigenvalue weighted by Gasteiger charge is -1.96. The Bertz CT molecular complexity index is 672. The number of halogens is 1. The van der Waals surface area contributed by atoms with Gasteiger partial charge in [-0.3, -0.25) is 0 Å². The molecule has 0 aliphatic heterocycles. The van der Waals surface area contributed by atoms with E-state index >= 15 is 0 Å². The minimum absolute atomic E-state index is 0.266. The van der Waals surface area contributed by atoms with Gasteiger partial charge in [0.05, 0.1) is 0 Å². The second kappa shape index (κ2) is 4.27. The Morgan fingerprint density at radius 3 is 2.44 bits per heavy atom. The molecule has 2 aromatic heterocycles. The molecule has 5 heteroatoms. The molecule has 0 saturated heterocycles. The average molecular weight is 260 g/mol. The lowest BCUT2D eigenvalue weighted by molar-refractivity contribution is 0.594. The largest absolute Gasteiger partial charge is 0.454 e. The van der Waals surface area contributed by atoms with Gasteiger partial charge in [0.2, 0.25) is 0 Å². The second-order valence-corrected chi connectivity index (χ2v) is 4.63. The van der Waals surface area contributed by atoms with Gasteiger partial charge in [0, 0.05) is 10.9 Å². The Hall–Kier alpha value is -2.14. The van der Waals surface area contributed by atoms with Gasteiger partial charge in [0.25, 0.3) is 0 Å². The normalized spacial score (nSPS) is 10.7. The maximum absolute atomic E-state index is 12.8. The van der Waals surface area contributed by atoms with Gasteiger partial charge in [-0.1, -0.05) is 0 Å². The van der Waals surface area contributed by atoms with E-state index in [1.54, 1.807) is 12.1 Å².